The minimum Gasteiger partial charge on any atom is -0.484 e. The van der Waals surface area contributed by atoms with Crippen LogP contribution in [0.3, 0.4) is 0 Å². The molecule has 0 unspecified atom stereocenters. The zero-order valence-corrected chi connectivity index (χ0v) is 16.3. The van der Waals surface area contributed by atoms with E-state index < -0.39 is 0 Å². The molecule has 2 rings (SSSR count). The van der Waals surface area contributed by atoms with Crippen LogP contribution >= 0.6 is 0 Å². The number of rotatable bonds is 8. The van der Waals surface area contributed by atoms with Gasteiger partial charge in [-0.2, -0.15) is 0 Å². The van der Waals surface area contributed by atoms with Gasteiger partial charge in [-0.1, -0.05) is 12.1 Å². The molecule has 0 aliphatic carbocycles. The maximum Gasteiger partial charge on any atom is 0.258 e. The molecule has 0 saturated carbocycles. The van der Waals surface area contributed by atoms with Crippen LogP contribution in [-0.2, 0) is 9.59 Å². The number of benzene rings is 2. The first-order valence-corrected chi connectivity index (χ1v) is 8.98. The highest BCUT2D eigenvalue weighted by Crippen LogP contribution is 2.16. The number of ether oxygens (including phenoxy) is 1. The van der Waals surface area contributed by atoms with Gasteiger partial charge in [-0.25, -0.2) is 0 Å². The summed E-state index contributed by atoms with van der Waals surface area (Å²) in [6.45, 7) is 5.87. The molecule has 3 amide bonds. The molecule has 2 aromatic rings. The van der Waals surface area contributed by atoms with E-state index in [0.29, 0.717) is 17.0 Å². The first-order chi connectivity index (χ1) is 13.3. The largest absolute Gasteiger partial charge is 0.484 e. The predicted octanol–water partition coefficient (Wildman–Crippen LogP) is 2.19. The third kappa shape index (κ3) is 6.75. The molecule has 0 heterocycles. The van der Waals surface area contributed by atoms with Crippen LogP contribution in [0.5, 0.6) is 5.75 Å². The van der Waals surface area contributed by atoms with Crippen molar-refractivity contribution in [2.24, 2.45) is 0 Å². The fraction of sp³-hybridized carbons (Fsp3) is 0.286. The zero-order valence-electron chi connectivity index (χ0n) is 16.3. The second-order valence-corrected chi connectivity index (χ2v) is 6.40. The fourth-order valence-electron chi connectivity index (χ4n) is 2.43. The Labute approximate surface area is 164 Å². The van der Waals surface area contributed by atoms with Crippen LogP contribution in [0.2, 0.25) is 0 Å². The number of anilines is 1. The average molecular weight is 383 g/mol. The summed E-state index contributed by atoms with van der Waals surface area (Å²) >= 11 is 0. The zero-order chi connectivity index (χ0) is 20.5. The highest BCUT2D eigenvalue weighted by molar-refractivity contribution is 5.96. The smallest absolute Gasteiger partial charge is 0.258 e. The van der Waals surface area contributed by atoms with Gasteiger partial charge < -0.3 is 20.7 Å². The molecule has 0 atom stereocenters. The minimum absolute atomic E-state index is 0.0881. The van der Waals surface area contributed by atoms with E-state index in [9.17, 15) is 14.4 Å². The molecule has 3 N–H and O–H groups in total. The lowest BCUT2D eigenvalue weighted by molar-refractivity contribution is -0.123. The summed E-state index contributed by atoms with van der Waals surface area (Å²) < 4.78 is 5.46. The molecule has 0 fully saturated rings. The maximum absolute atomic E-state index is 12.1. The first-order valence-electron chi connectivity index (χ1n) is 8.98. The van der Waals surface area contributed by atoms with Crippen molar-refractivity contribution in [3.05, 3.63) is 59.2 Å². The number of aryl methyl sites for hydroxylation is 2. The Balaban J connectivity index is 1.70. The van der Waals surface area contributed by atoms with Crippen molar-refractivity contribution in [2.75, 3.05) is 25.0 Å². The van der Waals surface area contributed by atoms with Gasteiger partial charge in [-0.15, -0.1) is 0 Å². The Kier molecular flexibility index (Phi) is 7.56. The van der Waals surface area contributed by atoms with Gasteiger partial charge in [0.05, 0.1) is 0 Å². The molecule has 7 heteroatoms. The van der Waals surface area contributed by atoms with Crippen molar-refractivity contribution >= 4 is 23.4 Å². The molecule has 0 spiro atoms. The summed E-state index contributed by atoms with van der Waals surface area (Å²) in [4.78, 5) is 35.1. The highest BCUT2D eigenvalue weighted by atomic mass is 16.5. The van der Waals surface area contributed by atoms with Crippen molar-refractivity contribution in [3.63, 3.8) is 0 Å². The fourth-order valence-corrected chi connectivity index (χ4v) is 2.43. The molecule has 0 saturated heterocycles. The van der Waals surface area contributed by atoms with Crippen molar-refractivity contribution in [1.29, 1.82) is 0 Å². The number of hydrogen-bond donors (Lipinski definition) is 3. The Bertz CT molecular complexity index is 864. The molecule has 7 nitrogen and oxygen atoms in total. The highest BCUT2D eigenvalue weighted by Gasteiger charge is 2.07. The van der Waals surface area contributed by atoms with Gasteiger partial charge in [0.15, 0.2) is 6.61 Å². The van der Waals surface area contributed by atoms with Crippen molar-refractivity contribution in [1.82, 2.24) is 10.6 Å². The van der Waals surface area contributed by atoms with Crippen molar-refractivity contribution in [2.45, 2.75) is 20.8 Å². The Hall–Kier alpha value is -3.35. The summed E-state index contributed by atoms with van der Waals surface area (Å²) in [6, 6.07) is 12.3. The lowest BCUT2D eigenvalue weighted by Crippen LogP contribution is -2.36. The van der Waals surface area contributed by atoms with Crippen molar-refractivity contribution < 1.29 is 19.1 Å². The standard InChI is InChI=1S/C21H25N3O4/c1-14-7-8-19(11-15(14)2)28-13-20(26)22-9-10-23-21(27)17-5-4-6-18(12-17)24-16(3)25/h4-8,11-12H,9-10,13H2,1-3H3,(H,22,26)(H,23,27)(H,24,25). The Morgan fingerprint density at radius 3 is 2.39 bits per heavy atom. The lowest BCUT2D eigenvalue weighted by atomic mass is 10.1. The van der Waals surface area contributed by atoms with E-state index in [2.05, 4.69) is 16.0 Å². The van der Waals surface area contributed by atoms with Crippen LogP contribution < -0.4 is 20.7 Å². The Morgan fingerprint density at radius 2 is 1.68 bits per heavy atom. The second kappa shape index (κ2) is 10.1. The van der Waals surface area contributed by atoms with Crippen molar-refractivity contribution in [3.8, 4) is 5.75 Å². The SMILES string of the molecule is CC(=O)Nc1cccc(C(=O)NCCNC(=O)COc2ccc(C)c(C)c2)c1. The lowest BCUT2D eigenvalue weighted by Gasteiger charge is -2.10. The van der Waals surface area contributed by atoms with Crippen LogP contribution in [0.15, 0.2) is 42.5 Å². The molecule has 2 aromatic carbocycles. The number of carbonyl (C=O) groups excluding carboxylic acids is 3. The number of nitrogens with one attached hydrogen (secondary N) is 3. The summed E-state index contributed by atoms with van der Waals surface area (Å²) in [6.07, 6.45) is 0. The normalized spacial score (nSPS) is 10.1. The summed E-state index contributed by atoms with van der Waals surface area (Å²) in [7, 11) is 0. The van der Waals surface area contributed by atoms with E-state index in [-0.39, 0.29) is 37.4 Å². The van der Waals surface area contributed by atoms with E-state index in [4.69, 9.17) is 4.74 Å². The quantitative estimate of drug-likeness (QED) is 0.609. The molecule has 0 bridgehead atoms. The van der Waals surface area contributed by atoms with E-state index in [0.717, 1.165) is 11.1 Å². The predicted molar refractivity (Wildman–Crippen MR) is 107 cm³/mol. The number of carbonyl (C=O) groups is 3. The van der Waals surface area contributed by atoms with Gasteiger partial charge in [-0.3, -0.25) is 14.4 Å². The summed E-state index contributed by atoms with van der Waals surface area (Å²) in [5.74, 6) is -0.109. The monoisotopic (exact) mass is 383 g/mol. The van der Waals surface area contributed by atoms with Crippen LogP contribution in [0.1, 0.15) is 28.4 Å². The maximum atomic E-state index is 12.1. The molecular weight excluding hydrogens is 358 g/mol. The van der Waals surface area contributed by atoms with Gasteiger partial charge in [0.2, 0.25) is 5.91 Å². The van der Waals surface area contributed by atoms with Gasteiger partial charge in [0.25, 0.3) is 11.8 Å². The molecule has 28 heavy (non-hydrogen) atoms. The van der Waals surface area contributed by atoms with Crippen LogP contribution in [0.4, 0.5) is 5.69 Å². The molecule has 0 aliphatic rings. The average Bonchev–Trinajstić information content (AvgIpc) is 2.65. The van der Waals surface area contributed by atoms with Gasteiger partial charge in [0.1, 0.15) is 5.75 Å². The summed E-state index contributed by atoms with van der Waals surface area (Å²) in [5.41, 5.74) is 3.24. The molecular formula is C21H25N3O4. The van der Waals surface area contributed by atoms with Crippen LogP contribution in [0, 0.1) is 13.8 Å². The molecule has 148 valence electrons. The van der Waals surface area contributed by atoms with E-state index in [1.54, 1.807) is 24.3 Å². The topological polar surface area (TPSA) is 96.5 Å². The number of amides is 3. The van der Waals surface area contributed by atoms with Gasteiger partial charge in [0, 0.05) is 31.3 Å². The minimum atomic E-state index is -0.284. The van der Waals surface area contributed by atoms with E-state index >= 15 is 0 Å². The molecule has 0 aliphatic heterocycles. The Morgan fingerprint density at radius 1 is 0.929 bits per heavy atom. The number of hydrogen-bond acceptors (Lipinski definition) is 4. The molecule has 0 aromatic heterocycles. The van der Waals surface area contributed by atoms with Crippen LogP contribution in [-0.4, -0.2) is 37.4 Å². The third-order valence-electron chi connectivity index (χ3n) is 4.03. The van der Waals surface area contributed by atoms with Gasteiger partial charge >= 0.3 is 0 Å². The first kappa shape index (κ1) is 21.0. The third-order valence-corrected chi connectivity index (χ3v) is 4.03. The summed E-state index contributed by atoms with van der Waals surface area (Å²) in [5, 5.41) is 8.03. The molecule has 0 radical (unpaired) electrons. The second-order valence-electron chi connectivity index (χ2n) is 6.40. The van der Waals surface area contributed by atoms with Crippen LogP contribution in [0.25, 0.3) is 0 Å². The van der Waals surface area contributed by atoms with Gasteiger partial charge in [-0.05, 0) is 55.3 Å². The van der Waals surface area contributed by atoms with E-state index in [1.165, 1.54) is 6.92 Å². The van der Waals surface area contributed by atoms with E-state index in [1.807, 2.05) is 32.0 Å².